The summed E-state index contributed by atoms with van der Waals surface area (Å²) in [5.41, 5.74) is 2.75. The monoisotopic (exact) mass is 502 g/mol. The number of benzene rings is 3. The third-order valence-electron chi connectivity index (χ3n) is 4.87. The first kappa shape index (κ1) is 26.7. The van der Waals surface area contributed by atoms with Crippen molar-refractivity contribution >= 4 is 17.9 Å². The normalized spacial score (nSPS) is 10.1. The maximum atomic E-state index is 12.5. The summed E-state index contributed by atoms with van der Waals surface area (Å²) in [7, 11) is 0. The molecule has 8 nitrogen and oxygen atoms in total. The van der Waals surface area contributed by atoms with E-state index in [0.717, 1.165) is 11.1 Å². The fourth-order valence-electron chi connectivity index (χ4n) is 2.86. The van der Waals surface area contributed by atoms with Gasteiger partial charge in [0.15, 0.2) is 0 Å². The van der Waals surface area contributed by atoms with Crippen LogP contribution in [0.1, 0.15) is 24.2 Å². The number of ether oxygens (including phenoxy) is 5. The molecule has 37 heavy (non-hydrogen) atoms. The van der Waals surface area contributed by atoms with Gasteiger partial charge in [-0.25, -0.2) is 14.4 Å². The Balaban J connectivity index is 1.50. The van der Waals surface area contributed by atoms with Crippen molar-refractivity contribution in [1.82, 2.24) is 0 Å². The molecule has 0 fully saturated rings. The Morgan fingerprint density at radius 1 is 0.595 bits per heavy atom. The quantitative estimate of drug-likeness (QED) is 0.147. The van der Waals surface area contributed by atoms with E-state index in [1.54, 1.807) is 62.4 Å². The van der Waals surface area contributed by atoms with Crippen LogP contribution in [0.25, 0.3) is 11.1 Å². The van der Waals surface area contributed by atoms with E-state index in [4.69, 9.17) is 23.7 Å². The summed E-state index contributed by atoms with van der Waals surface area (Å²) in [4.78, 5) is 35.2. The van der Waals surface area contributed by atoms with Gasteiger partial charge in [-0.3, -0.25) is 0 Å². The van der Waals surface area contributed by atoms with Crippen LogP contribution < -0.4 is 14.2 Å². The minimum absolute atomic E-state index is 0.203. The van der Waals surface area contributed by atoms with Gasteiger partial charge in [0.1, 0.15) is 17.2 Å². The van der Waals surface area contributed by atoms with Crippen molar-refractivity contribution in [3.8, 4) is 28.4 Å². The fourth-order valence-corrected chi connectivity index (χ4v) is 2.86. The van der Waals surface area contributed by atoms with Gasteiger partial charge in [-0.15, -0.1) is 0 Å². The van der Waals surface area contributed by atoms with Gasteiger partial charge in [-0.05, 0) is 73.5 Å². The maximum absolute atomic E-state index is 12.5. The van der Waals surface area contributed by atoms with E-state index in [2.05, 4.69) is 13.2 Å². The fraction of sp³-hybridized carbons (Fsp3) is 0.138. The molecule has 0 radical (unpaired) electrons. The number of hydrogen-bond acceptors (Lipinski definition) is 8. The molecule has 0 unspecified atom stereocenters. The highest BCUT2D eigenvalue weighted by Crippen LogP contribution is 2.25. The van der Waals surface area contributed by atoms with Crippen molar-refractivity contribution in [2.45, 2.75) is 13.8 Å². The van der Waals surface area contributed by atoms with Crippen LogP contribution in [0.4, 0.5) is 0 Å². The first-order valence-corrected chi connectivity index (χ1v) is 11.2. The highest BCUT2D eigenvalue weighted by Gasteiger charge is 2.10. The summed E-state index contributed by atoms with van der Waals surface area (Å²) in [6.45, 7) is 9.63. The highest BCUT2D eigenvalue weighted by atomic mass is 16.7. The smallest absolute Gasteiger partial charge is 0.343 e. The first-order chi connectivity index (χ1) is 17.7. The van der Waals surface area contributed by atoms with Crippen LogP contribution in [0, 0.1) is 0 Å². The van der Waals surface area contributed by atoms with E-state index >= 15 is 0 Å². The third kappa shape index (κ3) is 8.10. The summed E-state index contributed by atoms with van der Waals surface area (Å²) in [5, 5.41) is 0. The highest BCUT2D eigenvalue weighted by molar-refractivity contribution is 5.91. The average Bonchev–Trinajstić information content (AvgIpc) is 2.89. The number of esters is 3. The molecule has 3 aromatic carbocycles. The van der Waals surface area contributed by atoms with E-state index < -0.39 is 17.9 Å². The average molecular weight is 503 g/mol. The number of hydrogen-bond donors (Lipinski definition) is 0. The predicted molar refractivity (Wildman–Crippen MR) is 136 cm³/mol. The van der Waals surface area contributed by atoms with Gasteiger partial charge in [0.05, 0.1) is 5.56 Å². The summed E-state index contributed by atoms with van der Waals surface area (Å²) >= 11 is 0. The van der Waals surface area contributed by atoms with E-state index in [9.17, 15) is 14.4 Å². The molecule has 0 aliphatic rings. The van der Waals surface area contributed by atoms with Gasteiger partial charge in [0, 0.05) is 11.1 Å². The SMILES string of the molecule is C=C(C)C(=O)OCOc1ccc(C(=O)Oc2ccc(-c3ccc(OCOC(=O)C(=C)C)cc3)cc2)cc1. The second-order valence-electron chi connectivity index (χ2n) is 7.91. The number of rotatable bonds is 11. The summed E-state index contributed by atoms with van der Waals surface area (Å²) in [6.07, 6.45) is 0. The van der Waals surface area contributed by atoms with Crippen molar-refractivity contribution in [3.05, 3.63) is 103 Å². The Hall–Kier alpha value is -4.85. The molecule has 0 aliphatic heterocycles. The van der Waals surface area contributed by atoms with Crippen LogP contribution in [-0.4, -0.2) is 31.5 Å². The molecule has 0 saturated heterocycles. The molecule has 3 rings (SSSR count). The summed E-state index contributed by atoms with van der Waals surface area (Å²) in [6, 6.07) is 20.5. The Bertz CT molecular complexity index is 1270. The molecule has 0 saturated carbocycles. The minimum Gasteiger partial charge on any atom is -0.457 e. The summed E-state index contributed by atoms with van der Waals surface area (Å²) < 4.78 is 25.9. The number of carbonyl (C=O) groups is 3. The molecule has 0 heterocycles. The van der Waals surface area contributed by atoms with Crippen LogP contribution in [0.3, 0.4) is 0 Å². The Morgan fingerprint density at radius 3 is 1.38 bits per heavy atom. The van der Waals surface area contributed by atoms with E-state index in [-0.39, 0.29) is 19.2 Å². The zero-order chi connectivity index (χ0) is 26.8. The molecule has 0 atom stereocenters. The zero-order valence-corrected chi connectivity index (χ0v) is 20.5. The molecule has 0 N–H and O–H groups in total. The topological polar surface area (TPSA) is 97.4 Å². The summed E-state index contributed by atoms with van der Waals surface area (Å²) in [5.74, 6) is -0.215. The molecule has 0 spiro atoms. The number of carbonyl (C=O) groups excluding carboxylic acids is 3. The van der Waals surface area contributed by atoms with Crippen molar-refractivity contribution in [2.75, 3.05) is 13.6 Å². The predicted octanol–water partition coefficient (Wildman–Crippen LogP) is 5.48. The Kier molecular flexibility index (Phi) is 9.21. The van der Waals surface area contributed by atoms with Crippen LogP contribution in [0.5, 0.6) is 17.2 Å². The van der Waals surface area contributed by atoms with Gasteiger partial charge in [0.2, 0.25) is 13.6 Å². The first-order valence-electron chi connectivity index (χ1n) is 11.2. The lowest BCUT2D eigenvalue weighted by atomic mass is 10.1. The molecule has 0 bridgehead atoms. The molecule has 8 heteroatoms. The minimum atomic E-state index is -0.545. The molecule has 0 aromatic heterocycles. The molecule has 0 amide bonds. The van der Waals surface area contributed by atoms with Crippen molar-refractivity contribution in [2.24, 2.45) is 0 Å². The van der Waals surface area contributed by atoms with Crippen LogP contribution in [0.2, 0.25) is 0 Å². The van der Waals surface area contributed by atoms with Crippen LogP contribution >= 0.6 is 0 Å². The largest absolute Gasteiger partial charge is 0.457 e. The lowest BCUT2D eigenvalue weighted by Gasteiger charge is -2.09. The standard InChI is InChI=1S/C29H26O8/c1-19(2)27(30)35-17-33-24-11-5-21(6-12-24)22-7-15-26(16-8-22)37-29(32)23-9-13-25(14-10-23)34-18-36-28(31)20(3)4/h5-16H,1,3,17-18H2,2,4H3. The lowest BCUT2D eigenvalue weighted by Crippen LogP contribution is -2.11. The van der Waals surface area contributed by atoms with Gasteiger partial charge in [-0.1, -0.05) is 37.4 Å². The second kappa shape index (κ2) is 12.7. The van der Waals surface area contributed by atoms with Crippen molar-refractivity contribution in [3.63, 3.8) is 0 Å². The molecule has 3 aromatic rings. The van der Waals surface area contributed by atoms with E-state index in [1.807, 2.05) is 24.3 Å². The van der Waals surface area contributed by atoms with Crippen molar-refractivity contribution in [1.29, 1.82) is 0 Å². The molecule has 0 aliphatic carbocycles. The molecule has 190 valence electrons. The Labute approximate surface area is 214 Å². The second-order valence-corrected chi connectivity index (χ2v) is 7.91. The van der Waals surface area contributed by atoms with E-state index in [0.29, 0.717) is 28.4 Å². The van der Waals surface area contributed by atoms with Crippen LogP contribution in [0.15, 0.2) is 97.1 Å². The third-order valence-corrected chi connectivity index (χ3v) is 4.87. The van der Waals surface area contributed by atoms with Crippen LogP contribution in [-0.2, 0) is 19.1 Å². The van der Waals surface area contributed by atoms with Gasteiger partial charge < -0.3 is 23.7 Å². The lowest BCUT2D eigenvalue weighted by molar-refractivity contribution is -0.146. The van der Waals surface area contributed by atoms with Gasteiger partial charge in [-0.2, -0.15) is 0 Å². The Morgan fingerprint density at radius 2 is 0.973 bits per heavy atom. The maximum Gasteiger partial charge on any atom is 0.343 e. The zero-order valence-electron chi connectivity index (χ0n) is 20.5. The van der Waals surface area contributed by atoms with Gasteiger partial charge in [0.25, 0.3) is 0 Å². The van der Waals surface area contributed by atoms with Gasteiger partial charge >= 0.3 is 17.9 Å². The molecular formula is C29H26O8. The van der Waals surface area contributed by atoms with Crippen molar-refractivity contribution < 1.29 is 38.1 Å². The molecular weight excluding hydrogens is 476 g/mol. The van der Waals surface area contributed by atoms with E-state index in [1.165, 1.54) is 0 Å².